The van der Waals surface area contributed by atoms with Gasteiger partial charge in [0.25, 0.3) is 0 Å². The average molecular weight is 183 g/mol. The van der Waals surface area contributed by atoms with E-state index < -0.39 is 0 Å². The lowest BCUT2D eigenvalue weighted by atomic mass is 9.82. The molecule has 0 saturated heterocycles. The molecule has 0 aromatic carbocycles. The molecule has 0 atom stereocenters. The number of methoxy groups -OCH3 is 1. The molecule has 0 bridgehead atoms. The Kier molecular flexibility index (Phi) is 3.34. The highest BCUT2D eigenvalue weighted by Gasteiger charge is 2.30. The first-order valence-corrected chi connectivity index (χ1v) is 4.72. The molecule has 0 heterocycles. The van der Waals surface area contributed by atoms with Crippen LogP contribution < -0.4 is 5.32 Å². The number of hydrogen-bond acceptors (Lipinski definition) is 2. The molecule has 0 unspecified atom stereocenters. The van der Waals surface area contributed by atoms with E-state index >= 15 is 0 Å². The Balaban J connectivity index is 2.57. The Morgan fingerprint density at radius 1 is 1.46 bits per heavy atom. The third kappa shape index (κ3) is 2.47. The quantitative estimate of drug-likeness (QED) is 0.667. The summed E-state index contributed by atoms with van der Waals surface area (Å²) < 4.78 is 4.58. The molecule has 3 nitrogen and oxygen atoms in total. The van der Waals surface area contributed by atoms with Crippen LogP contribution >= 0.6 is 0 Å². The van der Waals surface area contributed by atoms with E-state index in [4.69, 9.17) is 0 Å². The number of rotatable bonds is 2. The molecule has 1 aliphatic carbocycles. The lowest BCUT2D eigenvalue weighted by Gasteiger charge is -2.34. The van der Waals surface area contributed by atoms with Gasteiger partial charge in [0.1, 0.15) is 0 Å². The Hall–Kier alpha value is -0.990. The van der Waals surface area contributed by atoms with E-state index in [0.29, 0.717) is 0 Å². The molecule has 1 fully saturated rings. The van der Waals surface area contributed by atoms with Crippen LogP contribution in [0.5, 0.6) is 0 Å². The summed E-state index contributed by atoms with van der Waals surface area (Å²) in [5.74, 6) is 0. The summed E-state index contributed by atoms with van der Waals surface area (Å²) in [6, 6.07) is 0. The number of nitrogens with one attached hydrogen (secondary N) is 1. The summed E-state index contributed by atoms with van der Waals surface area (Å²) in [5, 5.41) is 2.85. The van der Waals surface area contributed by atoms with Gasteiger partial charge in [-0.2, -0.15) is 0 Å². The SMILES string of the molecule is C=CC1(NC(=O)OC)CCCCC1. The molecule has 1 amide bonds. The third-order valence-corrected chi connectivity index (χ3v) is 2.67. The Labute approximate surface area is 79.2 Å². The summed E-state index contributed by atoms with van der Waals surface area (Å²) in [6.45, 7) is 3.77. The van der Waals surface area contributed by atoms with Crippen LogP contribution in [0, 0.1) is 0 Å². The zero-order chi connectivity index (χ0) is 9.73. The minimum atomic E-state index is -0.359. The van der Waals surface area contributed by atoms with Gasteiger partial charge < -0.3 is 10.1 Å². The lowest BCUT2D eigenvalue weighted by molar-refractivity contribution is 0.154. The molecule has 0 aromatic heterocycles. The molecule has 0 aliphatic heterocycles. The minimum absolute atomic E-state index is 0.217. The number of ether oxygens (including phenoxy) is 1. The van der Waals surface area contributed by atoms with Crippen LogP contribution in [0.3, 0.4) is 0 Å². The highest BCUT2D eigenvalue weighted by Crippen LogP contribution is 2.28. The maximum Gasteiger partial charge on any atom is 0.407 e. The normalized spacial score (nSPS) is 20.4. The number of hydrogen-bond donors (Lipinski definition) is 1. The van der Waals surface area contributed by atoms with E-state index in [0.717, 1.165) is 25.7 Å². The van der Waals surface area contributed by atoms with Gasteiger partial charge in [-0.05, 0) is 12.8 Å². The fraction of sp³-hybridized carbons (Fsp3) is 0.700. The number of amides is 1. The number of carbonyl (C=O) groups is 1. The molecule has 0 aromatic rings. The predicted molar refractivity (Wildman–Crippen MR) is 51.6 cm³/mol. The Morgan fingerprint density at radius 3 is 2.54 bits per heavy atom. The summed E-state index contributed by atoms with van der Waals surface area (Å²) in [5.41, 5.74) is -0.217. The number of alkyl carbamates (subject to hydrolysis) is 1. The highest BCUT2D eigenvalue weighted by atomic mass is 16.5. The zero-order valence-corrected chi connectivity index (χ0v) is 8.14. The molecule has 1 saturated carbocycles. The van der Waals surface area contributed by atoms with Gasteiger partial charge in [0.15, 0.2) is 0 Å². The van der Waals surface area contributed by atoms with Gasteiger partial charge in [0.05, 0.1) is 12.6 Å². The maximum absolute atomic E-state index is 11.1. The summed E-state index contributed by atoms with van der Waals surface area (Å²) in [4.78, 5) is 11.1. The van der Waals surface area contributed by atoms with Crippen molar-refractivity contribution in [2.75, 3.05) is 7.11 Å². The van der Waals surface area contributed by atoms with Crippen LogP contribution in [-0.2, 0) is 4.74 Å². The van der Waals surface area contributed by atoms with Crippen molar-refractivity contribution >= 4 is 6.09 Å². The van der Waals surface area contributed by atoms with E-state index in [1.165, 1.54) is 13.5 Å². The van der Waals surface area contributed by atoms with Crippen LogP contribution in [0.2, 0.25) is 0 Å². The van der Waals surface area contributed by atoms with E-state index in [1.807, 2.05) is 6.08 Å². The molecule has 74 valence electrons. The van der Waals surface area contributed by atoms with Crippen molar-refractivity contribution in [3.05, 3.63) is 12.7 Å². The molecular weight excluding hydrogens is 166 g/mol. The average Bonchev–Trinajstić information content (AvgIpc) is 2.19. The van der Waals surface area contributed by atoms with Crippen molar-refractivity contribution in [2.24, 2.45) is 0 Å². The molecule has 1 aliphatic rings. The standard InChI is InChI=1S/C10H17NO2/c1-3-10(11-9(12)13-2)7-5-4-6-8-10/h3H,1,4-8H2,2H3,(H,11,12). The lowest BCUT2D eigenvalue weighted by Crippen LogP contribution is -2.48. The molecule has 3 heteroatoms. The van der Waals surface area contributed by atoms with Crippen molar-refractivity contribution in [1.29, 1.82) is 0 Å². The molecule has 13 heavy (non-hydrogen) atoms. The Morgan fingerprint density at radius 2 is 2.08 bits per heavy atom. The van der Waals surface area contributed by atoms with Gasteiger partial charge in [-0.25, -0.2) is 4.79 Å². The van der Waals surface area contributed by atoms with Gasteiger partial charge in [0.2, 0.25) is 0 Å². The van der Waals surface area contributed by atoms with E-state index in [9.17, 15) is 4.79 Å². The van der Waals surface area contributed by atoms with Gasteiger partial charge in [-0.15, -0.1) is 6.58 Å². The molecule has 0 spiro atoms. The summed E-state index contributed by atoms with van der Waals surface area (Å²) in [7, 11) is 1.38. The minimum Gasteiger partial charge on any atom is -0.453 e. The van der Waals surface area contributed by atoms with Crippen LogP contribution in [0.1, 0.15) is 32.1 Å². The smallest absolute Gasteiger partial charge is 0.407 e. The highest BCUT2D eigenvalue weighted by molar-refractivity contribution is 5.68. The predicted octanol–water partition coefficient (Wildman–Crippen LogP) is 2.23. The van der Waals surface area contributed by atoms with Crippen molar-refractivity contribution in [2.45, 2.75) is 37.6 Å². The van der Waals surface area contributed by atoms with Crippen LogP contribution in [0.4, 0.5) is 4.79 Å². The monoisotopic (exact) mass is 183 g/mol. The molecule has 0 radical (unpaired) electrons. The van der Waals surface area contributed by atoms with E-state index in [1.54, 1.807) is 0 Å². The maximum atomic E-state index is 11.1. The third-order valence-electron chi connectivity index (χ3n) is 2.67. The molecule has 1 rings (SSSR count). The second kappa shape index (κ2) is 4.30. The molecular formula is C10H17NO2. The second-order valence-corrected chi connectivity index (χ2v) is 3.54. The van der Waals surface area contributed by atoms with Gasteiger partial charge in [-0.1, -0.05) is 25.3 Å². The Bertz CT molecular complexity index is 195. The topological polar surface area (TPSA) is 38.3 Å². The van der Waals surface area contributed by atoms with Crippen LogP contribution in [0.15, 0.2) is 12.7 Å². The van der Waals surface area contributed by atoms with Crippen molar-refractivity contribution < 1.29 is 9.53 Å². The first-order valence-electron chi connectivity index (χ1n) is 4.72. The van der Waals surface area contributed by atoms with Crippen molar-refractivity contribution in [1.82, 2.24) is 5.32 Å². The first kappa shape index (κ1) is 10.1. The van der Waals surface area contributed by atoms with Crippen molar-refractivity contribution in [3.63, 3.8) is 0 Å². The van der Waals surface area contributed by atoms with Gasteiger partial charge in [-0.3, -0.25) is 0 Å². The van der Waals surface area contributed by atoms with Gasteiger partial charge >= 0.3 is 6.09 Å². The van der Waals surface area contributed by atoms with Crippen LogP contribution in [0.25, 0.3) is 0 Å². The summed E-state index contributed by atoms with van der Waals surface area (Å²) >= 11 is 0. The summed E-state index contributed by atoms with van der Waals surface area (Å²) in [6.07, 6.45) is 6.98. The van der Waals surface area contributed by atoms with E-state index in [2.05, 4.69) is 16.6 Å². The largest absolute Gasteiger partial charge is 0.453 e. The fourth-order valence-corrected chi connectivity index (χ4v) is 1.82. The zero-order valence-electron chi connectivity index (χ0n) is 8.14. The van der Waals surface area contributed by atoms with E-state index in [-0.39, 0.29) is 11.6 Å². The number of carbonyl (C=O) groups excluding carboxylic acids is 1. The molecule has 1 N–H and O–H groups in total. The van der Waals surface area contributed by atoms with Crippen molar-refractivity contribution in [3.8, 4) is 0 Å². The van der Waals surface area contributed by atoms with Gasteiger partial charge in [0, 0.05) is 0 Å². The fourth-order valence-electron chi connectivity index (χ4n) is 1.82. The second-order valence-electron chi connectivity index (χ2n) is 3.54. The first-order chi connectivity index (χ1) is 6.22. The van der Waals surface area contributed by atoms with Crippen LogP contribution in [-0.4, -0.2) is 18.7 Å².